The summed E-state index contributed by atoms with van der Waals surface area (Å²) in [6.07, 6.45) is 2.10. The molecule has 6 heteroatoms. The molecule has 0 saturated carbocycles. The van der Waals surface area contributed by atoms with Gasteiger partial charge in [0.25, 0.3) is 0 Å². The van der Waals surface area contributed by atoms with Crippen LogP contribution >= 0.6 is 0 Å². The Morgan fingerprint density at radius 1 is 1.21 bits per heavy atom. The van der Waals surface area contributed by atoms with Gasteiger partial charge in [-0.25, -0.2) is 8.42 Å². The molecule has 1 aromatic carbocycles. The summed E-state index contributed by atoms with van der Waals surface area (Å²) in [4.78, 5) is 12.4. The van der Waals surface area contributed by atoms with Crippen LogP contribution in [0.5, 0.6) is 0 Å². The quantitative estimate of drug-likeness (QED) is 0.780. The van der Waals surface area contributed by atoms with E-state index >= 15 is 0 Å². The molecule has 24 heavy (non-hydrogen) atoms. The molecular formula is C18H27NO4S. The number of ether oxygens (including phenoxy) is 1. The Balaban J connectivity index is 2.31. The van der Waals surface area contributed by atoms with Crippen molar-refractivity contribution >= 4 is 16.0 Å². The van der Waals surface area contributed by atoms with Crippen molar-refractivity contribution in [3.63, 3.8) is 0 Å². The minimum atomic E-state index is -3.70. The minimum Gasteiger partial charge on any atom is -0.465 e. The van der Waals surface area contributed by atoms with Gasteiger partial charge in [0.2, 0.25) is 10.0 Å². The maximum Gasteiger partial charge on any atom is 0.324 e. The van der Waals surface area contributed by atoms with Crippen LogP contribution in [-0.2, 0) is 25.0 Å². The Labute approximate surface area is 145 Å². The fraction of sp³-hybridized carbons (Fsp3) is 0.611. The van der Waals surface area contributed by atoms with E-state index in [0.29, 0.717) is 13.0 Å². The zero-order valence-electron chi connectivity index (χ0n) is 14.9. The predicted octanol–water partition coefficient (Wildman–Crippen LogP) is 3.09. The topological polar surface area (TPSA) is 63.7 Å². The lowest BCUT2D eigenvalue weighted by atomic mass is 9.87. The molecule has 2 rings (SSSR count). The van der Waals surface area contributed by atoms with Crippen molar-refractivity contribution in [3.8, 4) is 0 Å². The van der Waals surface area contributed by atoms with Gasteiger partial charge in [-0.3, -0.25) is 4.79 Å². The van der Waals surface area contributed by atoms with Crippen LogP contribution in [0.1, 0.15) is 52.5 Å². The smallest absolute Gasteiger partial charge is 0.324 e. The first-order valence-electron chi connectivity index (χ1n) is 8.47. The van der Waals surface area contributed by atoms with E-state index in [1.54, 1.807) is 19.1 Å². The molecule has 0 aliphatic carbocycles. The molecule has 134 valence electrons. The number of esters is 1. The van der Waals surface area contributed by atoms with E-state index in [-0.39, 0.29) is 16.9 Å². The third-order valence-electron chi connectivity index (χ3n) is 4.34. The number of sulfonamides is 1. The van der Waals surface area contributed by atoms with Crippen LogP contribution in [0.25, 0.3) is 0 Å². The van der Waals surface area contributed by atoms with Crippen molar-refractivity contribution in [2.24, 2.45) is 0 Å². The number of nitrogens with zero attached hydrogens (tertiary/aromatic N) is 1. The Hall–Kier alpha value is -1.40. The number of piperidine rings is 1. The molecule has 1 aliphatic heterocycles. The standard InChI is InChI=1S/C18H27NO4S/c1-5-23-17(20)16-8-6-7-13-19(16)24(21,22)15-11-9-14(10-12-15)18(2,3)4/h9-12,16H,5-8,13H2,1-4H3. The molecule has 1 fully saturated rings. The highest BCUT2D eigenvalue weighted by atomic mass is 32.2. The second-order valence-electron chi connectivity index (χ2n) is 7.15. The average Bonchev–Trinajstić information content (AvgIpc) is 2.54. The molecule has 0 spiro atoms. The van der Waals surface area contributed by atoms with E-state index in [0.717, 1.165) is 18.4 Å². The van der Waals surface area contributed by atoms with E-state index in [1.165, 1.54) is 4.31 Å². The maximum atomic E-state index is 13.0. The number of rotatable bonds is 4. The van der Waals surface area contributed by atoms with Crippen LogP contribution in [0.15, 0.2) is 29.2 Å². The van der Waals surface area contributed by atoms with Crippen molar-refractivity contribution < 1.29 is 17.9 Å². The highest BCUT2D eigenvalue weighted by molar-refractivity contribution is 7.89. The van der Waals surface area contributed by atoms with Gasteiger partial charge in [0.1, 0.15) is 6.04 Å². The summed E-state index contributed by atoms with van der Waals surface area (Å²) in [5, 5.41) is 0. The Morgan fingerprint density at radius 3 is 2.38 bits per heavy atom. The molecule has 0 radical (unpaired) electrons. The average molecular weight is 353 g/mol. The van der Waals surface area contributed by atoms with Crippen LogP contribution in [0.3, 0.4) is 0 Å². The maximum absolute atomic E-state index is 13.0. The van der Waals surface area contributed by atoms with E-state index < -0.39 is 22.0 Å². The predicted molar refractivity (Wildman–Crippen MR) is 93.3 cm³/mol. The summed E-state index contributed by atoms with van der Waals surface area (Å²) in [6.45, 7) is 8.58. The monoisotopic (exact) mass is 353 g/mol. The molecule has 5 nitrogen and oxygen atoms in total. The summed E-state index contributed by atoms with van der Waals surface area (Å²) in [5.74, 6) is -0.452. The summed E-state index contributed by atoms with van der Waals surface area (Å²) < 4.78 is 32.3. The van der Waals surface area contributed by atoms with Gasteiger partial charge in [0.15, 0.2) is 0 Å². The van der Waals surface area contributed by atoms with Crippen LogP contribution in [0, 0.1) is 0 Å². The van der Waals surface area contributed by atoms with E-state index in [4.69, 9.17) is 4.74 Å². The van der Waals surface area contributed by atoms with Crippen LogP contribution in [-0.4, -0.2) is 37.9 Å². The van der Waals surface area contributed by atoms with Gasteiger partial charge in [-0.05, 0) is 49.3 Å². The SMILES string of the molecule is CCOC(=O)C1CCCCN1S(=O)(=O)c1ccc(C(C)(C)C)cc1. The van der Waals surface area contributed by atoms with Crippen molar-refractivity contribution in [3.05, 3.63) is 29.8 Å². The molecule has 0 amide bonds. The van der Waals surface area contributed by atoms with Crippen molar-refractivity contribution in [1.29, 1.82) is 0 Å². The molecule has 0 N–H and O–H groups in total. The zero-order chi connectivity index (χ0) is 18.0. The highest BCUT2D eigenvalue weighted by Gasteiger charge is 2.38. The first kappa shape index (κ1) is 18.9. The second-order valence-corrected chi connectivity index (χ2v) is 9.04. The first-order valence-corrected chi connectivity index (χ1v) is 9.91. The normalized spacial score (nSPS) is 19.9. The molecular weight excluding hydrogens is 326 g/mol. The number of carbonyl (C=O) groups is 1. The molecule has 1 aromatic rings. The van der Waals surface area contributed by atoms with Gasteiger partial charge in [0.05, 0.1) is 11.5 Å². The summed E-state index contributed by atoms with van der Waals surface area (Å²) in [7, 11) is -3.70. The highest BCUT2D eigenvalue weighted by Crippen LogP contribution is 2.28. The van der Waals surface area contributed by atoms with Gasteiger partial charge in [0, 0.05) is 6.54 Å². The largest absolute Gasteiger partial charge is 0.465 e. The Bertz CT molecular complexity index is 674. The van der Waals surface area contributed by atoms with Crippen molar-refractivity contribution in [2.45, 2.75) is 63.3 Å². The molecule has 1 aliphatic rings. The molecule has 1 atom stereocenters. The third kappa shape index (κ3) is 3.98. The molecule has 0 bridgehead atoms. The van der Waals surface area contributed by atoms with Gasteiger partial charge in [-0.2, -0.15) is 4.31 Å². The summed E-state index contributed by atoms with van der Waals surface area (Å²) in [6, 6.07) is 6.23. The van der Waals surface area contributed by atoms with E-state index in [9.17, 15) is 13.2 Å². The van der Waals surface area contributed by atoms with E-state index in [2.05, 4.69) is 20.8 Å². The third-order valence-corrected chi connectivity index (χ3v) is 6.26. The fourth-order valence-electron chi connectivity index (χ4n) is 2.93. The zero-order valence-corrected chi connectivity index (χ0v) is 15.7. The Morgan fingerprint density at radius 2 is 1.83 bits per heavy atom. The number of benzene rings is 1. The number of hydrogen-bond acceptors (Lipinski definition) is 4. The summed E-state index contributed by atoms with van der Waals surface area (Å²) in [5.41, 5.74) is 1.03. The lowest BCUT2D eigenvalue weighted by Gasteiger charge is -2.33. The molecule has 1 saturated heterocycles. The lowest BCUT2D eigenvalue weighted by molar-refractivity contribution is -0.148. The Kier molecular flexibility index (Phi) is 5.71. The van der Waals surface area contributed by atoms with Gasteiger partial charge < -0.3 is 4.74 Å². The molecule has 1 unspecified atom stereocenters. The number of hydrogen-bond donors (Lipinski definition) is 0. The van der Waals surface area contributed by atoms with Crippen molar-refractivity contribution in [2.75, 3.05) is 13.2 Å². The lowest BCUT2D eigenvalue weighted by Crippen LogP contribution is -2.48. The van der Waals surface area contributed by atoms with Crippen LogP contribution in [0.4, 0.5) is 0 Å². The molecule has 0 aromatic heterocycles. The first-order chi connectivity index (χ1) is 11.2. The minimum absolute atomic E-state index is 0.0408. The number of carbonyl (C=O) groups excluding carboxylic acids is 1. The van der Waals surface area contributed by atoms with Crippen LogP contribution < -0.4 is 0 Å². The van der Waals surface area contributed by atoms with Crippen LogP contribution in [0.2, 0.25) is 0 Å². The van der Waals surface area contributed by atoms with Gasteiger partial charge in [-0.15, -0.1) is 0 Å². The molecule has 1 heterocycles. The van der Waals surface area contributed by atoms with Crippen molar-refractivity contribution in [1.82, 2.24) is 4.31 Å². The fourth-order valence-corrected chi connectivity index (χ4v) is 4.58. The van der Waals surface area contributed by atoms with Gasteiger partial charge in [-0.1, -0.05) is 32.9 Å². The summed E-state index contributed by atoms with van der Waals surface area (Å²) >= 11 is 0. The van der Waals surface area contributed by atoms with Gasteiger partial charge >= 0.3 is 5.97 Å². The van der Waals surface area contributed by atoms with E-state index in [1.807, 2.05) is 12.1 Å². The second kappa shape index (κ2) is 7.23.